The second kappa shape index (κ2) is 7.14. The van der Waals surface area contributed by atoms with Crippen LogP contribution in [-0.4, -0.2) is 23.0 Å². The highest BCUT2D eigenvalue weighted by molar-refractivity contribution is 6.32. The fraction of sp³-hybridized carbons (Fsp3) is 0.280. The van der Waals surface area contributed by atoms with E-state index in [1.54, 1.807) is 0 Å². The Morgan fingerprint density at radius 2 is 1.28 bits per heavy atom. The molecule has 2 saturated carbocycles. The highest BCUT2D eigenvalue weighted by Crippen LogP contribution is 2.70. The molecular weight excluding hydrogens is 359 g/mol. The number of hydrogen-bond donors (Lipinski definition) is 2. The van der Waals surface area contributed by atoms with Crippen molar-refractivity contribution in [1.82, 2.24) is 0 Å². The van der Waals surface area contributed by atoms with Crippen molar-refractivity contribution in [3.8, 4) is 0 Å². The zero-order valence-electron chi connectivity index (χ0n) is 16.3. The minimum absolute atomic E-state index is 0.195. The van der Waals surface area contributed by atoms with E-state index in [0.29, 0.717) is 5.92 Å². The van der Waals surface area contributed by atoms with Crippen LogP contribution in [0.15, 0.2) is 91.0 Å². The Morgan fingerprint density at radius 3 is 1.79 bits per heavy atom. The fourth-order valence-electron chi connectivity index (χ4n) is 6.36. The molecule has 0 amide bonds. The molecule has 3 aromatic carbocycles. The van der Waals surface area contributed by atoms with E-state index in [9.17, 15) is 10.0 Å². The molecule has 5 rings (SSSR count). The molecular formula is C25H25BO3. The van der Waals surface area contributed by atoms with Gasteiger partial charge >= 0.3 is 7.32 Å². The second-order valence-electron chi connectivity index (χ2n) is 8.37. The van der Waals surface area contributed by atoms with E-state index in [0.717, 1.165) is 19.3 Å². The summed E-state index contributed by atoms with van der Waals surface area (Å²) in [6.07, 6.45) is 2.64. The van der Waals surface area contributed by atoms with E-state index in [-0.39, 0.29) is 5.92 Å². The van der Waals surface area contributed by atoms with Crippen molar-refractivity contribution in [1.29, 1.82) is 0 Å². The van der Waals surface area contributed by atoms with Crippen molar-refractivity contribution in [2.45, 2.75) is 36.2 Å². The molecule has 0 radical (unpaired) electrons. The average Bonchev–Trinajstić information content (AvgIpc) is 3.29. The molecule has 146 valence electrons. The van der Waals surface area contributed by atoms with Crippen LogP contribution in [0.2, 0.25) is 0 Å². The van der Waals surface area contributed by atoms with Gasteiger partial charge in [0.05, 0.1) is 11.0 Å². The van der Waals surface area contributed by atoms with Crippen LogP contribution in [0.25, 0.3) is 0 Å². The molecule has 0 spiro atoms. The zero-order valence-corrected chi connectivity index (χ0v) is 16.3. The molecule has 0 aliphatic heterocycles. The van der Waals surface area contributed by atoms with Crippen LogP contribution in [0.3, 0.4) is 0 Å². The predicted molar refractivity (Wildman–Crippen MR) is 114 cm³/mol. The Morgan fingerprint density at radius 1 is 0.759 bits per heavy atom. The van der Waals surface area contributed by atoms with Gasteiger partial charge in [-0.15, -0.1) is 0 Å². The summed E-state index contributed by atoms with van der Waals surface area (Å²) in [5, 5.41) is 19.9. The summed E-state index contributed by atoms with van der Waals surface area (Å²) < 4.78 is 6.08. The van der Waals surface area contributed by atoms with E-state index < -0.39 is 18.3 Å². The minimum Gasteiger partial charge on any atom is -0.402 e. The van der Waals surface area contributed by atoms with E-state index >= 15 is 0 Å². The molecule has 0 saturated heterocycles. The molecule has 0 heterocycles. The molecule has 3 atom stereocenters. The molecule has 2 fully saturated rings. The van der Waals surface area contributed by atoms with Crippen molar-refractivity contribution in [2.24, 2.45) is 5.92 Å². The Hall–Kier alpha value is -2.40. The molecule has 2 aliphatic rings. The number of fused-ring (bicyclic) bond motifs is 2. The van der Waals surface area contributed by atoms with Crippen LogP contribution >= 0.6 is 0 Å². The van der Waals surface area contributed by atoms with Crippen molar-refractivity contribution in [2.75, 3.05) is 0 Å². The first-order valence-electron chi connectivity index (χ1n) is 10.4. The quantitative estimate of drug-likeness (QED) is 0.645. The summed E-state index contributed by atoms with van der Waals surface area (Å²) in [4.78, 5) is 0. The number of benzene rings is 3. The van der Waals surface area contributed by atoms with Gasteiger partial charge in [-0.1, -0.05) is 91.0 Å². The second-order valence-corrected chi connectivity index (χ2v) is 8.37. The third-order valence-corrected chi connectivity index (χ3v) is 7.12. The van der Waals surface area contributed by atoms with Gasteiger partial charge in [0.1, 0.15) is 0 Å². The molecule has 3 unspecified atom stereocenters. The first-order chi connectivity index (χ1) is 14.2. The first-order valence-corrected chi connectivity index (χ1v) is 10.4. The van der Waals surface area contributed by atoms with Crippen LogP contribution in [-0.2, 0) is 10.1 Å². The topological polar surface area (TPSA) is 49.7 Å². The minimum atomic E-state index is -1.80. The smallest absolute Gasteiger partial charge is 0.402 e. The van der Waals surface area contributed by atoms with E-state index in [2.05, 4.69) is 72.8 Å². The van der Waals surface area contributed by atoms with Gasteiger partial charge < -0.3 is 14.7 Å². The zero-order chi connectivity index (χ0) is 19.9. The van der Waals surface area contributed by atoms with Crippen molar-refractivity contribution >= 4 is 7.32 Å². The Kier molecular flexibility index (Phi) is 4.58. The van der Waals surface area contributed by atoms with E-state index in [1.165, 1.54) is 16.7 Å². The molecule has 0 aromatic heterocycles. The highest BCUT2D eigenvalue weighted by Gasteiger charge is 2.70. The summed E-state index contributed by atoms with van der Waals surface area (Å²) in [5.74, 6) is 0.609. The van der Waals surface area contributed by atoms with Gasteiger partial charge in [0.15, 0.2) is 0 Å². The average molecular weight is 384 g/mol. The van der Waals surface area contributed by atoms with Crippen LogP contribution in [0, 0.1) is 5.92 Å². The summed E-state index contributed by atoms with van der Waals surface area (Å²) in [7, 11) is -1.80. The lowest BCUT2D eigenvalue weighted by atomic mass is 9.55. The Balaban J connectivity index is 1.84. The molecule has 3 nitrogen and oxygen atoms in total. The summed E-state index contributed by atoms with van der Waals surface area (Å²) in [6.45, 7) is 0. The van der Waals surface area contributed by atoms with Gasteiger partial charge in [0, 0.05) is 5.92 Å². The lowest BCUT2D eigenvalue weighted by molar-refractivity contribution is -0.0221. The molecule has 29 heavy (non-hydrogen) atoms. The van der Waals surface area contributed by atoms with Gasteiger partial charge in [0.2, 0.25) is 0 Å². The van der Waals surface area contributed by atoms with Gasteiger partial charge in [-0.05, 0) is 41.9 Å². The van der Waals surface area contributed by atoms with Crippen molar-refractivity contribution in [3.05, 3.63) is 108 Å². The first kappa shape index (κ1) is 18.6. The number of rotatable bonds is 5. The lowest BCUT2D eigenvalue weighted by Gasteiger charge is -2.52. The van der Waals surface area contributed by atoms with Gasteiger partial charge in [-0.3, -0.25) is 0 Å². The van der Waals surface area contributed by atoms with Crippen molar-refractivity contribution < 1.29 is 14.7 Å². The van der Waals surface area contributed by atoms with Crippen LogP contribution in [0.1, 0.15) is 41.9 Å². The summed E-state index contributed by atoms with van der Waals surface area (Å²) in [6, 6.07) is 31.6. The third-order valence-electron chi connectivity index (χ3n) is 7.12. The fourth-order valence-corrected chi connectivity index (χ4v) is 6.36. The molecule has 2 aliphatic carbocycles. The molecule has 4 heteroatoms. The largest absolute Gasteiger partial charge is 0.634 e. The summed E-state index contributed by atoms with van der Waals surface area (Å²) in [5.41, 5.74) is 2.45. The van der Waals surface area contributed by atoms with E-state index in [4.69, 9.17) is 4.65 Å². The lowest BCUT2D eigenvalue weighted by Crippen LogP contribution is -2.56. The normalized spacial score (nSPS) is 27.1. The Labute approximate surface area is 172 Å². The van der Waals surface area contributed by atoms with Crippen LogP contribution in [0.5, 0.6) is 0 Å². The summed E-state index contributed by atoms with van der Waals surface area (Å²) >= 11 is 0. The van der Waals surface area contributed by atoms with Gasteiger partial charge in [-0.25, -0.2) is 0 Å². The SMILES string of the molecule is OB(O)OC12CCC(C1)C(c1ccccc1)C2(c1ccccc1)c1ccccc1. The van der Waals surface area contributed by atoms with E-state index in [1.807, 2.05) is 18.2 Å². The highest BCUT2D eigenvalue weighted by atomic mass is 16.6. The van der Waals surface area contributed by atoms with Crippen LogP contribution < -0.4 is 0 Å². The molecule has 2 N–H and O–H groups in total. The molecule has 2 bridgehead atoms. The standard InChI is InChI=1S/C25H25BO3/c27-26(28)29-24-17-16-20(18-24)23(19-10-4-1-5-11-19)25(24,21-12-6-2-7-13-21)22-14-8-3-9-15-22/h1-15,20,23,27-28H,16-18H2. The maximum Gasteiger partial charge on any atom is 0.634 e. The van der Waals surface area contributed by atoms with Gasteiger partial charge in [0.25, 0.3) is 0 Å². The van der Waals surface area contributed by atoms with Crippen molar-refractivity contribution in [3.63, 3.8) is 0 Å². The maximum absolute atomic E-state index is 9.94. The number of hydrogen-bond acceptors (Lipinski definition) is 3. The predicted octanol–water partition coefficient (Wildman–Crippen LogP) is 4.30. The van der Waals surface area contributed by atoms with Crippen LogP contribution in [0.4, 0.5) is 0 Å². The molecule has 3 aromatic rings. The van der Waals surface area contributed by atoms with Gasteiger partial charge in [-0.2, -0.15) is 0 Å². The monoisotopic (exact) mass is 384 g/mol. The third kappa shape index (κ3) is 2.71. The maximum atomic E-state index is 9.94. The Bertz CT molecular complexity index is 922.